The minimum atomic E-state index is 0.286. The van der Waals surface area contributed by atoms with E-state index in [4.69, 9.17) is 16.6 Å². The number of fused-ring (bicyclic) bond motifs is 2. The Hall–Kier alpha value is -2.05. The van der Waals surface area contributed by atoms with Crippen LogP contribution in [0.5, 0.6) is 0 Å². The number of imidazole rings is 1. The van der Waals surface area contributed by atoms with Gasteiger partial charge in [-0.05, 0) is 47.6 Å². The first-order valence-corrected chi connectivity index (χ1v) is 7.46. The number of rotatable bonds is 1. The summed E-state index contributed by atoms with van der Waals surface area (Å²) in [5, 5.41) is 0. The molecule has 2 aromatic rings. The summed E-state index contributed by atoms with van der Waals surface area (Å²) in [6.45, 7) is 0. The summed E-state index contributed by atoms with van der Waals surface area (Å²) in [5.41, 5.74) is 3.77. The molecule has 0 aromatic heterocycles. The van der Waals surface area contributed by atoms with Gasteiger partial charge >= 0.3 is 0 Å². The molecule has 4 nitrogen and oxygen atoms in total. The van der Waals surface area contributed by atoms with E-state index in [1.807, 2.05) is 30.3 Å². The first kappa shape index (κ1) is 12.7. The Morgan fingerprint density at radius 3 is 2.57 bits per heavy atom. The van der Waals surface area contributed by atoms with Crippen LogP contribution in [0.1, 0.15) is 0 Å². The van der Waals surface area contributed by atoms with Crippen LogP contribution in [0.4, 0.5) is 0 Å². The molecule has 1 N–H and O–H groups in total. The van der Waals surface area contributed by atoms with E-state index in [1.165, 1.54) is 0 Å². The Balaban J connectivity index is 1.93. The van der Waals surface area contributed by atoms with Gasteiger partial charge in [0.05, 0.1) is 5.52 Å². The van der Waals surface area contributed by atoms with Crippen molar-refractivity contribution in [3.8, 4) is 22.8 Å². The molecule has 0 bridgehead atoms. The number of hydrogen-bond acceptors (Lipinski definition) is 4. The number of H-pyrrole nitrogens is 1. The van der Waals surface area contributed by atoms with Crippen LogP contribution in [-0.4, -0.2) is 15.0 Å². The maximum absolute atomic E-state index is 5.77. The van der Waals surface area contributed by atoms with E-state index in [-0.39, 0.29) is 4.77 Å². The van der Waals surface area contributed by atoms with Crippen LogP contribution in [0.3, 0.4) is 0 Å². The molecule has 0 saturated carbocycles. The largest absolute Gasteiger partial charge is 0.434 e. The third-order valence-corrected chi connectivity index (χ3v) is 3.94. The number of nitrogens with one attached hydrogen (secondary N) is 1. The highest BCUT2D eigenvalue weighted by Gasteiger charge is 2.12. The van der Waals surface area contributed by atoms with Crippen molar-refractivity contribution in [1.82, 2.24) is 15.0 Å². The van der Waals surface area contributed by atoms with Gasteiger partial charge in [-0.25, -0.2) is 0 Å². The summed E-state index contributed by atoms with van der Waals surface area (Å²) in [4.78, 5) is 11.4. The zero-order chi connectivity index (χ0) is 14.4. The number of hydrogen-bond donors (Lipinski definition) is 1. The molecule has 2 heterocycles. The first-order chi connectivity index (χ1) is 10.2. The fourth-order valence-electron chi connectivity index (χ4n) is 2.22. The minimum Gasteiger partial charge on any atom is -0.434 e. The molecule has 2 aliphatic heterocycles. The summed E-state index contributed by atoms with van der Waals surface area (Å²) in [6, 6.07) is 14.1. The van der Waals surface area contributed by atoms with E-state index in [0.29, 0.717) is 11.7 Å². The van der Waals surface area contributed by atoms with E-state index in [9.17, 15) is 0 Å². The molecular weight excluding hydrogens is 350 g/mol. The molecule has 4 rings (SSSR count). The van der Waals surface area contributed by atoms with Gasteiger partial charge in [0.1, 0.15) is 0 Å². The van der Waals surface area contributed by atoms with Crippen molar-refractivity contribution >= 4 is 39.2 Å². The van der Waals surface area contributed by atoms with Gasteiger partial charge in [0.15, 0.2) is 11.4 Å². The van der Waals surface area contributed by atoms with Crippen LogP contribution in [0.25, 0.3) is 33.9 Å². The molecule has 0 saturated heterocycles. The molecule has 0 amide bonds. The highest BCUT2D eigenvalue weighted by Crippen LogP contribution is 2.28. The van der Waals surface area contributed by atoms with Gasteiger partial charge < -0.3 is 9.40 Å². The zero-order valence-electron chi connectivity index (χ0n) is 10.6. The predicted molar refractivity (Wildman–Crippen MR) is 86.7 cm³/mol. The summed E-state index contributed by atoms with van der Waals surface area (Å²) in [6.07, 6.45) is 0. The maximum Gasteiger partial charge on any atom is 0.266 e. The SMILES string of the molecule is S=c1nc2[nH]c3ccc(-c4ccc(Br)cc4)cc3oc-2n1. The van der Waals surface area contributed by atoms with Gasteiger partial charge in [-0.1, -0.05) is 34.1 Å². The lowest BCUT2D eigenvalue weighted by Gasteiger charge is -2.05. The molecule has 0 fully saturated rings. The van der Waals surface area contributed by atoms with Gasteiger partial charge in [0.2, 0.25) is 4.77 Å². The highest BCUT2D eigenvalue weighted by atomic mass is 79.9. The van der Waals surface area contributed by atoms with Gasteiger partial charge in [-0.3, -0.25) is 0 Å². The van der Waals surface area contributed by atoms with E-state index >= 15 is 0 Å². The molecule has 2 aliphatic rings. The zero-order valence-corrected chi connectivity index (χ0v) is 13.0. The summed E-state index contributed by atoms with van der Waals surface area (Å²) in [5.74, 6) is 1.00. The third-order valence-electron chi connectivity index (χ3n) is 3.23. The number of aromatic amines is 1. The van der Waals surface area contributed by atoms with E-state index in [2.05, 4.69) is 43.0 Å². The van der Waals surface area contributed by atoms with Crippen LogP contribution in [0.2, 0.25) is 0 Å². The summed E-state index contributed by atoms with van der Waals surface area (Å²) >= 11 is 8.40. The number of halogens is 1. The van der Waals surface area contributed by atoms with Crippen LogP contribution >= 0.6 is 28.1 Å². The second-order valence-electron chi connectivity index (χ2n) is 4.60. The number of nitrogens with zero attached hydrogens (tertiary/aromatic N) is 2. The van der Waals surface area contributed by atoms with E-state index < -0.39 is 0 Å². The van der Waals surface area contributed by atoms with Crippen molar-refractivity contribution in [3.05, 3.63) is 51.7 Å². The average molecular weight is 358 g/mol. The Labute approximate surface area is 133 Å². The monoisotopic (exact) mass is 357 g/mol. The van der Waals surface area contributed by atoms with Crippen LogP contribution in [-0.2, 0) is 0 Å². The number of aromatic nitrogens is 3. The molecular formula is C15H8BrN3OS. The molecule has 0 unspecified atom stereocenters. The van der Waals surface area contributed by atoms with E-state index in [0.717, 1.165) is 26.7 Å². The maximum atomic E-state index is 5.77. The lowest BCUT2D eigenvalue weighted by atomic mass is 10.1. The van der Waals surface area contributed by atoms with E-state index in [1.54, 1.807) is 0 Å². The van der Waals surface area contributed by atoms with Crippen molar-refractivity contribution < 1.29 is 4.42 Å². The van der Waals surface area contributed by atoms with Gasteiger partial charge in [-0.15, -0.1) is 0 Å². The van der Waals surface area contributed by atoms with Crippen molar-refractivity contribution in [1.29, 1.82) is 0 Å². The van der Waals surface area contributed by atoms with Gasteiger partial charge in [0, 0.05) is 4.47 Å². The Bertz CT molecular complexity index is 974. The minimum absolute atomic E-state index is 0.286. The first-order valence-electron chi connectivity index (χ1n) is 6.26. The van der Waals surface area contributed by atoms with Crippen molar-refractivity contribution in [2.75, 3.05) is 0 Å². The second kappa shape index (κ2) is 4.75. The molecule has 21 heavy (non-hydrogen) atoms. The van der Waals surface area contributed by atoms with Crippen molar-refractivity contribution in [2.24, 2.45) is 0 Å². The highest BCUT2D eigenvalue weighted by molar-refractivity contribution is 9.10. The fourth-order valence-corrected chi connectivity index (χ4v) is 2.66. The topological polar surface area (TPSA) is 54.7 Å². The molecule has 0 spiro atoms. The van der Waals surface area contributed by atoms with Crippen LogP contribution in [0.15, 0.2) is 51.4 Å². The lowest BCUT2D eigenvalue weighted by molar-refractivity contribution is 0.596. The molecule has 102 valence electrons. The quantitative estimate of drug-likeness (QED) is 0.496. The van der Waals surface area contributed by atoms with Crippen molar-refractivity contribution in [3.63, 3.8) is 0 Å². The van der Waals surface area contributed by atoms with Crippen LogP contribution in [0, 0.1) is 4.77 Å². The normalized spacial score (nSPS) is 11.3. The second-order valence-corrected chi connectivity index (χ2v) is 5.89. The summed E-state index contributed by atoms with van der Waals surface area (Å²) < 4.78 is 7.11. The van der Waals surface area contributed by atoms with Gasteiger partial charge in [0.25, 0.3) is 5.89 Å². The predicted octanol–water partition coefficient (Wildman–Crippen LogP) is 4.81. The summed E-state index contributed by atoms with van der Waals surface area (Å²) in [7, 11) is 0. The average Bonchev–Trinajstić information content (AvgIpc) is 2.84. The molecule has 0 aliphatic carbocycles. The number of benzene rings is 2. The molecule has 0 atom stereocenters. The standard InChI is InChI=1S/C15H8BrN3OS/c16-10-4-1-8(2-5-10)9-3-6-11-12(7-9)20-14-13(17-11)18-15(21)19-14/h1-7H,(H,17,18,21). The van der Waals surface area contributed by atoms with Crippen LogP contribution < -0.4 is 0 Å². The van der Waals surface area contributed by atoms with Gasteiger partial charge in [-0.2, -0.15) is 9.97 Å². The van der Waals surface area contributed by atoms with Crippen molar-refractivity contribution in [2.45, 2.75) is 0 Å². The Morgan fingerprint density at radius 2 is 1.76 bits per heavy atom. The Kier molecular flexibility index (Phi) is 2.87. The molecule has 6 heteroatoms. The Morgan fingerprint density at radius 1 is 1.00 bits per heavy atom. The lowest BCUT2D eigenvalue weighted by Crippen LogP contribution is -1.87. The smallest absolute Gasteiger partial charge is 0.266 e. The molecule has 0 radical (unpaired) electrons. The fraction of sp³-hybridized carbons (Fsp3) is 0. The third kappa shape index (κ3) is 2.26. The molecule has 2 aromatic carbocycles.